The molecule has 0 fully saturated rings. The zero-order valence-corrected chi connectivity index (χ0v) is 15.3. The molecule has 29 heavy (non-hydrogen) atoms. The highest BCUT2D eigenvalue weighted by atomic mass is 19.2. The van der Waals surface area contributed by atoms with Gasteiger partial charge in [0.2, 0.25) is 0 Å². The van der Waals surface area contributed by atoms with Crippen LogP contribution in [0, 0.1) is 11.6 Å². The summed E-state index contributed by atoms with van der Waals surface area (Å²) in [7, 11) is 0. The lowest BCUT2D eigenvalue weighted by Crippen LogP contribution is -2.00. The van der Waals surface area contributed by atoms with Crippen molar-refractivity contribution in [1.82, 2.24) is 4.57 Å². The Balaban J connectivity index is 1.61. The lowest BCUT2D eigenvalue weighted by Gasteiger charge is -2.10. The fraction of sp³-hybridized carbons (Fsp3) is 0.0870. The topological polar surface area (TPSA) is 51.5 Å². The SMILES string of the molecule is O=C(O)Cc1cn(Cc2cccc(Oc3ccc(F)c(F)c3)c2)c2ccccc12. The molecule has 0 unspecified atom stereocenters. The van der Waals surface area contributed by atoms with Gasteiger partial charge < -0.3 is 14.4 Å². The molecule has 0 aliphatic carbocycles. The molecule has 4 nitrogen and oxygen atoms in total. The number of hydrogen-bond donors (Lipinski definition) is 1. The van der Waals surface area contributed by atoms with Crippen molar-refractivity contribution >= 4 is 16.9 Å². The molecule has 0 saturated carbocycles. The van der Waals surface area contributed by atoms with Crippen LogP contribution in [-0.2, 0) is 17.8 Å². The molecule has 1 aromatic heterocycles. The molecular formula is C23H17F2NO3. The number of halogens is 2. The molecule has 146 valence electrons. The number of carboxylic acids is 1. The van der Waals surface area contributed by atoms with Gasteiger partial charge in [-0.05, 0) is 41.5 Å². The van der Waals surface area contributed by atoms with E-state index in [0.717, 1.165) is 34.2 Å². The Hall–Kier alpha value is -3.67. The van der Waals surface area contributed by atoms with E-state index in [0.29, 0.717) is 12.3 Å². The first-order valence-electron chi connectivity index (χ1n) is 9.00. The van der Waals surface area contributed by atoms with Gasteiger partial charge in [-0.3, -0.25) is 4.79 Å². The molecule has 6 heteroatoms. The molecule has 3 aromatic carbocycles. The van der Waals surface area contributed by atoms with E-state index in [1.165, 1.54) is 6.07 Å². The quantitative estimate of drug-likeness (QED) is 0.478. The lowest BCUT2D eigenvalue weighted by molar-refractivity contribution is -0.136. The van der Waals surface area contributed by atoms with Crippen LogP contribution in [-0.4, -0.2) is 15.6 Å². The molecule has 0 amide bonds. The van der Waals surface area contributed by atoms with E-state index < -0.39 is 17.6 Å². The van der Waals surface area contributed by atoms with Crippen LogP contribution in [0.25, 0.3) is 10.9 Å². The minimum Gasteiger partial charge on any atom is -0.481 e. The van der Waals surface area contributed by atoms with E-state index in [4.69, 9.17) is 9.84 Å². The van der Waals surface area contributed by atoms with Gasteiger partial charge >= 0.3 is 5.97 Å². The number of nitrogens with zero attached hydrogens (tertiary/aromatic N) is 1. The van der Waals surface area contributed by atoms with Crippen LogP contribution in [0.1, 0.15) is 11.1 Å². The summed E-state index contributed by atoms with van der Waals surface area (Å²) in [5.41, 5.74) is 2.62. The molecule has 0 bridgehead atoms. The monoisotopic (exact) mass is 393 g/mol. The van der Waals surface area contributed by atoms with Crippen molar-refractivity contribution in [1.29, 1.82) is 0 Å². The maximum Gasteiger partial charge on any atom is 0.307 e. The van der Waals surface area contributed by atoms with Crippen molar-refractivity contribution in [3.05, 3.63) is 95.7 Å². The summed E-state index contributed by atoms with van der Waals surface area (Å²) < 4.78 is 34.1. The average Bonchev–Trinajstić information content (AvgIpc) is 3.02. The van der Waals surface area contributed by atoms with Gasteiger partial charge in [0.05, 0.1) is 6.42 Å². The average molecular weight is 393 g/mol. The van der Waals surface area contributed by atoms with Crippen molar-refractivity contribution in [2.75, 3.05) is 0 Å². The first-order valence-corrected chi connectivity index (χ1v) is 9.00. The summed E-state index contributed by atoms with van der Waals surface area (Å²) in [6.45, 7) is 0.509. The van der Waals surface area contributed by atoms with Gasteiger partial charge in [-0.2, -0.15) is 0 Å². The predicted molar refractivity (Wildman–Crippen MR) is 105 cm³/mol. The second-order valence-electron chi connectivity index (χ2n) is 6.70. The number of benzene rings is 3. The predicted octanol–water partition coefficient (Wildman–Crippen LogP) is 5.39. The summed E-state index contributed by atoms with van der Waals surface area (Å²) >= 11 is 0. The summed E-state index contributed by atoms with van der Waals surface area (Å²) in [6.07, 6.45) is 1.80. The van der Waals surface area contributed by atoms with Crippen molar-refractivity contribution in [2.24, 2.45) is 0 Å². The number of carboxylic acid groups (broad SMARTS) is 1. The highest BCUT2D eigenvalue weighted by Gasteiger charge is 2.12. The molecule has 0 atom stereocenters. The third-order valence-electron chi connectivity index (χ3n) is 4.59. The van der Waals surface area contributed by atoms with Gasteiger partial charge in [-0.1, -0.05) is 30.3 Å². The number of aliphatic carboxylic acids is 1. The van der Waals surface area contributed by atoms with Crippen LogP contribution < -0.4 is 4.74 Å². The molecule has 0 radical (unpaired) electrons. The Morgan fingerprint density at radius 3 is 2.52 bits per heavy atom. The molecule has 0 spiro atoms. The van der Waals surface area contributed by atoms with E-state index in [1.807, 2.05) is 53.2 Å². The molecule has 4 rings (SSSR count). The Labute approximate surface area is 165 Å². The Morgan fingerprint density at radius 1 is 0.931 bits per heavy atom. The molecule has 4 aromatic rings. The largest absolute Gasteiger partial charge is 0.481 e. The number of hydrogen-bond acceptors (Lipinski definition) is 2. The van der Waals surface area contributed by atoms with Crippen LogP contribution in [0.15, 0.2) is 72.9 Å². The smallest absolute Gasteiger partial charge is 0.307 e. The summed E-state index contributed by atoms with van der Waals surface area (Å²) in [4.78, 5) is 11.2. The normalized spacial score (nSPS) is 11.0. The van der Waals surface area contributed by atoms with Crippen LogP contribution in [0.5, 0.6) is 11.5 Å². The summed E-state index contributed by atoms with van der Waals surface area (Å²) in [5, 5.41) is 10.1. The Kier molecular flexibility index (Phi) is 4.99. The third-order valence-corrected chi connectivity index (χ3v) is 4.59. The number of fused-ring (bicyclic) bond motifs is 1. The minimum absolute atomic E-state index is 0.0488. The summed E-state index contributed by atoms with van der Waals surface area (Å²) in [5.74, 6) is -2.08. The van der Waals surface area contributed by atoms with E-state index in [2.05, 4.69) is 0 Å². The van der Waals surface area contributed by atoms with E-state index in [1.54, 1.807) is 6.07 Å². The second-order valence-corrected chi connectivity index (χ2v) is 6.70. The second kappa shape index (κ2) is 7.75. The van der Waals surface area contributed by atoms with Crippen LogP contribution >= 0.6 is 0 Å². The van der Waals surface area contributed by atoms with Gasteiger partial charge in [0.15, 0.2) is 11.6 Å². The van der Waals surface area contributed by atoms with Crippen molar-refractivity contribution in [2.45, 2.75) is 13.0 Å². The van der Waals surface area contributed by atoms with Gasteiger partial charge in [0.1, 0.15) is 11.5 Å². The molecule has 0 saturated heterocycles. The highest BCUT2D eigenvalue weighted by molar-refractivity contribution is 5.87. The molecule has 0 aliphatic heterocycles. The van der Waals surface area contributed by atoms with Crippen molar-refractivity contribution in [3.8, 4) is 11.5 Å². The molecule has 1 heterocycles. The van der Waals surface area contributed by atoms with Crippen molar-refractivity contribution in [3.63, 3.8) is 0 Å². The van der Waals surface area contributed by atoms with E-state index in [-0.39, 0.29) is 12.2 Å². The van der Waals surface area contributed by atoms with Crippen molar-refractivity contribution < 1.29 is 23.4 Å². The molecule has 0 aliphatic rings. The maximum atomic E-state index is 13.4. The zero-order chi connectivity index (χ0) is 20.4. The van der Waals surface area contributed by atoms with E-state index >= 15 is 0 Å². The van der Waals surface area contributed by atoms with Gasteiger partial charge in [-0.15, -0.1) is 0 Å². The standard InChI is InChI=1S/C23H17F2NO3/c24-20-9-8-18(12-21(20)25)29-17-5-3-4-15(10-17)13-26-14-16(11-23(27)28)19-6-1-2-7-22(19)26/h1-10,12,14H,11,13H2,(H,27,28). The van der Waals surface area contributed by atoms with Gasteiger partial charge in [0, 0.05) is 29.7 Å². The fourth-order valence-electron chi connectivity index (χ4n) is 3.34. The third kappa shape index (κ3) is 4.11. The minimum atomic E-state index is -0.969. The number of ether oxygens (including phenoxy) is 1. The first-order chi connectivity index (χ1) is 14.0. The number of carbonyl (C=O) groups is 1. The zero-order valence-electron chi connectivity index (χ0n) is 15.3. The highest BCUT2D eigenvalue weighted by Crippen LogP contribution is 2.26. The van der Waals surface area contributed by atoms with Crippen LogP contribution in [0.2, 0.25) is 0 Å². The van der Waals surface area contributed by atoms with Crippen LogP contribution in [0.3, 0.4) is 0 Å². The molecular weight excluding hydrogens is 376 g/mol. The van der Waals surface area contributed by atoms with Crippen LogP contribution in [0.4, 0.5) is 8.78 Å². The van der Waals surface area contributed by atoms with Gasteiger partial charge in [-0.25, -0.2) is 8.78 Å². The number of aromatic nitrogens is 1. The van der Waals surface area contributed by atoms with Gasteiger partial charge in [0.25, 0.3) is 0 Å². The number of rotatable bonds is 6. The fourth-order valence-corrected chi connectivity index (χ4v) is 3.34. The maximum absolute atomic E-state index is 13.4. The Morgan fingerprint density at radius 2 is 1.72 bits per heavy atom. The summed E-state index contributed by atoms with van der Waals surface area (Å²) in [6, 6.07) is 18.3. The molecule has 1 N–H and O–H groups in total. The van der Waals surface area contributed by atoms with E-state index in [9.17, 15) is 13.6 Å². The lowest BCUT2D eigenvalue weighted by atomic mass is 10.1. The number of para-hydroxylation sites is 1. The first kappa shape index (κ1) is 18.7. The Bertz CT molecular complexity index is 1200.